The summed E-state index contributed by atoms with van der Waals surface area (Å²) in [6.45, 7) is 3.86. The number of nitrogens with zero attached hydrogens (tertiary/aromatic N) is 1. The third-order valence-electron chi connectivity index (χ3n) is 3.86. The van der Waals surface area contributed by atoms with Gasteiger partial charge in [0.2, 0.25) is 0 Å². The van der Waals surface area contributed by atoms with Crippen LogP contribution in [0, 0.1) is 0 Å². The van der Waals surface area contributed by atoms with E-state index in [0.29, 0.717) is 28.0 Å². The zero-order chi connectivity index (χ0) is 20.3. The van der Waals surface area contributed by atoms with Crippen LogP contribution in [0.5, 0.6) is 5.75 Å². The maximum absolute atomic E-state index is 12.5. The van der Waals surface area contributed by atoms with Crippen molar-refractivity contribution in [1.29, 1.82) is 0 Å². The number of fused-ring (bicyclic) bond motifs is 1. The summed E-state index contributed by atoms with van der Waals surface area (Å²) in [6.07, 6.45) is 0.0518. The molecule has 0 spiro atoms. The van der Waals surface area contributed by atoms with E-state index >= 15 is 0 Å². The molecule has 0 atom stereocenters. The van der Waals surface area contributed by atoms with Crippen LogP contribution < -0.4 is 27.1 Å². The lowest BCUT2D eigenvalue weighted by Gasteiger charge is -2.10. The summed E-state index contributed by atoms with van der Waals surface area (Å²) >= 11 is 0. The molecule has 0 saturated heterocycles. The molecular weight excluding hydrogens is 360 g/mol. The number of carbonyl (C=O) groups excluding carboxylic acids is 1. The van der Waals surface area contributed by atoms with Gasteiger partial charge in [0.15, 0.2) is 17.0 Å². The molecule has 0 unspecified atom stereocenters. The van der Waals surface area contributed by atoms with Crippen molar-refractivity contribution >= 4 is 28.4 Å². The van der Waals surface area contributed by atoms with Gasteiger partial charge in [-0.1, -0.05) is 0 Å². The van der Waals surface area contributed by atoms with Gasteiger partial charge in [-0.2, -0.15) is 5.10 Å². The number of hydrogen-bond donors (Lipinski definition) is 3. The van der Waals surface area contributed by atoms with Gasteiger partial charge in [0.1, 0.15) is 11.3 Å². The highest BCUT2D eigenvalue weighted by Crippen LogP contribution is 2.19. The summed E-state index contributed by atoms with van der Waals surface area (Å²) in [5.74, 6) is 5.49. The minimum absolute atomic E-state index is 0.0518. The first-order chi connectivity index (χ1) is 13.4. The SMILES string of the molecule is CC(C)Oc1ccc(C(=O)Nc2ccc3oc(C(N)=NN)cc(=O)c3c2)cc1. The van der Waals surface area contributed by atoms with E-state index in [1.807, 2.05) is 13.8 Å². The largest absolute Gasteiger partial charge is 0.491 e. The van der Waals surface area contributed by atoms with E-state index in [1.165, 1.54) is 12.1 Å². The zero-order valence-corrected chi connectivity index (χ0v) is 15.4. The molecule has 8 heteroatoms. The second kappa shape index (κ2) is 7.83. The molecule has 1 aromatic heterocycles. The van der Waals surface area contributed by atoms with E-state index in [1.54, 1.807) is 36.4 Å². The number of hydrogen-bond acceptors (Lipinski definition) is 6. The number of amides is 1. The van der Waals surface area contributed by atoms with Crippen LogP contribution in [-0.2, 0) is 0 Å². The van der Waals surface area contributed by atoms with Gasteiger partial charge in [-0.3, -0.25) is 9.59 Å². The van der Waals surface area contributed by atoms with Gasteiger partial charge in [-0.05, 0) is 56.3 Å². The van der Waals surface area contributed by atoms with E-state index in [2.05, 4.69) is 10.4 Å². The lowest BCUT2D eigenvalue weighted by molar-refractivity contribution is 0.102. The fourth-order valence-corrected chi connectivity index (χ4v) is 2.58. The second-order valence-electron chi connectivity index (χ2n) is 6.35. The Bertz CT molecular complexity index is 1100. The molecule has 0 aliphatic rings. The van der Waals surface area contributed by atoms with E-state index in [-0.39, 0.29) is 29.0 Å². The molecule has 3 aromatic rings. The molecule has 0 radical (unpaired) electrons. The van der Waals surface area contributed by atoms with Gasteiger partial charge in [-0.15, -0.1) is 0 Å². The fourth-order valence-electron chi connectivity index (χ4n) is 2.58. The molecule has 2 aromatic carbocycles. The summed E-state index contributed by atoms with van der Waals surface area (Å²) < 4.78 is 11.1. The Hall–Kier alpha value is -3.81. The van der Waals surface area contributed by atoms with Crippen LogP contribution in [0.3, 0.4) is 0 Å². The van der Waals surface area contributed by atoms with E-state index in [0.717, 1.165) is 0 Å². The van der Waals surface area contributed by atoms with Crippen LogP contribution in [-0.4, -0.2) is 17.8 Å². The number of anilines is 1. The van der Waals surface area contributed by atoms with Crippen LogP contribution in [0.15, 0.2) is 62.8 Å². The third-order valence-corrected chi connectivity index (χ3v) is 3.86. The Balaban J connectivity index is 1.83. The van der Waals surface area contributed by atoms with Crippen LogP contribution in [0.1, 0.15) is 30.0 Å². The Morgan fingerprint density at radius 1 is 1.14 bits per heavy atom. The Morgan fingerprint density at radius 2 is 1.86 bits per heavy atom. The summed E-state index contributed by atoms with van der Waals surface area (Å²) in [5.41, 5.74) is 6.48. The maximum atomic E-state index is 12.5. The Kier molecular flexibility index (Phi) is 5.30. The van der Waals surface area contributed by atoms with Crippen molar-refractivity contribution in [2.75, 3.05) is 5.32 Å². The smallest absolute Gasteiger partial charge is 0.255 e. The molecule has 1 heterocycles. The summed E-state index contributed by atoms with van der Waals surface area (Å²) in [4.78, 5) is 24.8. The highest BCUT2D eigenvalue weighted by molar-refractivity contribution is 6.05. The van der Waals surface area contributed by atoms with Crippen molar-refractivity contribution in [1.82, 2.24) is 0 Å². The van der Waals surface area contributed by atoms with E-state index < -0.39 is 0 Å². The van der Waals surface area contributed by atoms with Gasteiger partial charge in [0.25, 0.3) is 5.91 Å². The predicted molar refractivity (Wildman–Crippen MR) is 108 cm³/mol. The second-order valence-corrected chi connectivity index (χ2v) is 6.35. The maximum Gasteiger partial charge on any atom is 0.255 e. The molecule has 0 saturated carbocycles. The lowest BCUT2D eigenvalue weighted by atomic mass is 10.1. The molecular formula is C20H20N4O4. The predicted octanol–water partition coefficient (Wildman–Crippen LogP) is 2.41. The molecule has 0 fully saturated rings. The topological polar surface area (TPSA) is 133 Å². The molecule has 0 aliphatic heterocycles. The van der Waals surface area contributed by atoms with Crippen LogP contribution >= 0.6 is 0 Å². The molecule has 8 nitrogen and oxygen atoms in total. The van der Waals surface area contributed by atoms with Crippen molar-refractivity contribution in [2.24, 2.45) is 16.7 Å². The first-order valence-corrected chi connectivity index (χ1v) is 8.57. The molecule has 28 heavy (non-hydrogen) atoms. The van der Waals surface area contributed by atoms with Gasteiger partial charge < -0.3 is 26.0 Å². The standard InChI is InChI=1S/C20H20N4O4/c1-11(2)27-14-6-3-12(4-7-14)20(26)23-13-5-8-17-15(9-13)16(25)10-18(28-17)19(21)24-22/h3-11H,22H2,1-2H3,(H2,21,24)(H,23,26). The van der Waals surface area contributed by atoms with Crippen molar-refractivity contribution in [3.63, 3.8) is 0 Å². The number of nitrogens with two attached hydrogens (primary N) is 2. The summed E-state index contributed by atoms with van der Waals surface area (Å²) in [5, 5.41) is 6.37. The van der Waals surface area contributed by atoms with Crippen molar-refractivity contribution in [3.8, 4) is 5.75 Å². The lowest BCUT2D eigenvalue weighted by Crippen LogP contribution is -2.18. The molecule has 0 bridgehead atoms. The molecule has 3 rings (SSSR count). The number of benzene rings is 2. The zero-order valence-electron chi connectivity index (χ0n) is 15.4. The minimum Gasteiger partial charge on any atom is -0.491 e. The number of carbonyl (C=O) groups is 1. The van der Waals surface area contributed by atoms with Crippen LogP contribution in [0.2, 0.25) is 0 Å². The number of rotatable bonds is 5. The summed E-state index contributed by atoms with van der Waals surface area (Å²) in [6, 6.07) is 12.7. The summed E-state index contributed by atoms with van der Waals surface area (Å²) in [7, 11) is 0. The van der Waals surface area contributed by atoms with E-state index in [4.69, 9.17) is 20.7 Å². The average molecular weight is 380 g/mol. The first kappa shape index (κ1) is 19.0. The first-order valence-electron chi connectivity index (χ1n) is 8.57. The Labute approximate surface area is 160 Å². The quantitative estimate of drug-likeness (QED) is 0.269. The normalized spacial score (nSPS) is 11.6. The van der Waals surface area contributed by atoms with Gasteiger partial charge in [0, 0.05) is 17.3 Å². The number of hydrazone groups is 1. The van der Waals surface area contributed by atoms with Crippen molar-refractivity contribution in [2.45, 2.75) is 20.0 Å². The number of amidine groups is 1. The fraction of sp³-hybridized carbons (Fsp3) is 0.150. The molecule has 0 aliphatic carbocycles. The molecule has 1 amide bonds. The van der Waals surface area contributed by atoms with Gasteiger partial charge >= 0.3 is 0 Å². The monoisotopic (exact) mass is 380 g/mol. The van der Waals surface area contributed by atoms with Gasteiger partial charge in [0.05, 0.1) is 11.5 Å². The number of nitrogens with one attached hydrogen (secondary N) is 1. The average Bonchev–Trinajstić information content (AvgIpc) is 2.67. The highest BCUT2D eigenvalue weighted by atomic mass is 16.5. The number of ether oxygens (including phenoxy) is 1. The van der Waals surface area contributed by atoms with Crippen LogP contribution in [0.4, 0.5) is 5.69 Å². The molecule has 144 valence electrons. The minimum atomic E-state index is -0.325. The van der Waals surface area contributed by atoms with Crippen LogP contribution in [0.25, 0.3) is 11.0 Å². The van der Waals surface area contributed by atoms with Crippen molar-refractivity contribution in [3.05, 3.63) is 70.1 Å². The van der Waals surface area contributed by atoms with Crippen molar-refractivity contribution < 1.29 is 13.9 Å². The third kappa shape index (κ3) is 4.12. The van der Waals surface area contributed by atoms with Gasteiger partial charge in [-0.25, -0.2) is 0 Å². The Morgan fingerprint density at radius 3 is 2.50 bits per heavy atom. The van der Waals surface area contributed by atoms with E-state index in [9.17, 15) is 9.59 Å². The highest BCUT2D eigenvalue weighted by Gasteiger charge is 2.11. The molecule has 5 N–H and O–H groups in total.